The molecule has 0 radical (unpaired) electrons. The highest BCUT2D eigenvalue weighted by Crippen LogP contribution is 2.15. The Morgan fingerprint density at radius 2 is 1.80 bits per heavy atom. The van der Waals surface area contributed by atoms with Gasteiger partial charge in [-0.1, -0.05) is 0 Å². The number of likely N-dealkylation sites (tertiary alicyclic amines) is 1. The van der Waals surface area contributed by atoms with E-state index in [0.29, 0.717) is 25.4 Å². The maximum atomic E-state index is 11.7. The molecule has 2 fully saturated rings. The monoisotopic (exact) mass is 210 g/mol. The zero-order chi connectivity index (χ0) is 10.7. The summed E-state index contributed by atoms with van der Waals surface area (Å²) in [5, 5.41) is 3.32. The van der Waals surface area contributed by atoms with Crippen LogP contribution in [-0.2, 0) is 9.59 Å². The quantitative estimate of drug-likeness (QED) is 0.681. The molecule has 0 aromatic heterocycles. The molecule has 0 saturated carbocycles. The highest BCUT2D eigenvalue weighted by atomic mass is 16.2. The fourth-order valence-corrected chi connectivity index (χ4v) is 2.30. The average Bonchev–Trinajstić information content (AvgIpc) is 2.67. The predicted molar refractivity (Wildman–Crippen MR) is 56.2 cm³/mol. The highest BCUT2D eigenvalue weighted by molar-refractivity contribution is 5.96. The number of carbonyl (C=O) groups is 2. The van der Waals surface area contributed by atoms with Gasteiger partial charge in [-0.25, -0.2) is 0 Å². The van der Waals surface area contributed by atoms with Crippen molar-refractivity contribution in [2.75, 3.05) is 13.1 Å². The van der Waals surface area contributed by atoms with Crippen LogP contribution in [0.5, 0.6) is 0 Å². The summed E-state index contributed by atoms with van der Waals surface area (Å²) in [4.78, 5) is 24.8. The molecule has 0 aromatic rings. The van der Waals surface area contributed by atoms with Crippen LogP contribution in [-0.4, -0.2) is 35.8 Å². The van der Waals surface area contributed by atoms with E-state index in [4.69, 9.17) is 0 Å². The van der Waals surface area contributed by atoms with E-state index >= 15 is 0 Å². The van der Waals surface area contributed by atoms with E-state index in [-0.39, 0.29) is 11.8 Å². The first-order valence-electron chi connectivity index (χ1n) is 5.84. The van der Waals surface area contributed by atoms with Crippen molar-refractivity contribution < 1.29 is 9.59 Å². The van der Waals surface area contributed by atoms with Crippen LogP contribution >= 0.6 is 0 Å². The Bertz CT molecular complexity index is 241. The van der Waals surface area contributed by atoms with E-state index in [2.05, 4.69) is 5.32 Å². The van der Waals surface area contributed by atoms with Gasteiger partial charge in [0.25, 0.3) is 0 Å². The SMILES string of the molecule is O=C1CCCCC(=O)N1CC1CCCN1. The van der Waals surface area contributed by atoms with E-state index in [1.54, 1.807) is 0 Å². The third-order valence-corrected chi connectivity index (χ3v) is 3.20. The smallest absolute Gasteiger partial charge is 0.229 e. The molecule has 0 spiro atoms. The molecule has 2 heterocycles. The molecule has 2 rings (SSSR count). The van der Waals surface area contributed by atoms with Gasteiger partial charge in [-0.05, 0) is 32.2 Å². The lowest BCUT2D eigenvalue weighted by Gasteiger charge is -2.22. The van der Waals surface area contributed by atoms with Crippen LogP contribution in [0.2, 0.25) is 0 Å². The standard InChI is InChI=1S/C11H18N2O2/c14-10-5-1-2-6-11(15)13(10)8-9-4-3-7-12-9/h9,12H,1-8H2. The number of nitrogens with one attached hydrogen (secondary N) is 1. The van der Waals surface area contributed by atoms with Crippen molar-refractivity contribution in [2.45, 2.75) is 44.6 Å². The number of rotatable bonds is 2. The van der Waals surface area contributed by atoms with Gasteiger partial charge in [0.1, 0.15) is 0 Å². The van der Waals surface area contributed by atoms with Crippen molar-refractivity contribution in [2.24, 2.45) is 0 Å². The van der Waals surface area contributed by atoms with E-state index in [1.807, 2.05) is 0 Å². The van der Waals surface area contributed by atoms with E-state index in [0.717, 1.165) is 32.2 Å². The van der Waals surface area contributed by atoms with Gasteiger partial charge in [-0.15, -0.1) is 0 Å². The molecule has 0 aromatic carbocycles. The van der Waals surface area contributed by atoms with Crippen LogP contribution in [0.25, 0.3) is 0 Å². The Balaban J connectivity index is 1.96. The molecule has 0 aliphatic carbocycles. The second-order valence-electron chi connectivity index (χ2n) is 4.40. The first kappa shape index (κ1) is 10.6. The Morgan fingerprint density at radius 1 is 1.13 bits per heavy atom. The first-order chi connectivity index (χ1) is 7.27. The average molecular weight is 210 g/mol. The second kappa shape index (κ2) is 4.75. The largest absolute Gasteiger partial charge is 0.312 e. The molecular weight excluding hydrogens is 192 g/mol. The fraction of sp³-hybridized carbons (Fsp3) is 0.818. The van der Waals surface area contributed by atoms with Crippen LogP contribution in [0.15, 0.2) is 0 Å². The normalized spacial score (nSPS) is 28.3. The van der Waals surface area contributed by atoms with Gasteiger partial charge >= 0.3 is 0 Å². The van der Waals surface area contributed by atoms with Crippen molar-refractivity contribution >= 4 is 11.8 Å². The minimum Gasteiger partial charge on any atom is -0.312 e. The van der Waals surface area contributed by atoms with Crippen LogP contribution < -0.4 is 5.32 Å². The molecule has 4 heteroatoms. The number of imide groups is 1. The number of hydrogen-bond acceptors (Lipinski definition) is 3. The van der Waals surface area contributed by atoms with Crippen molar-refractivity contribution in [1.82, 2.24) is 10.2 Å². The molecule has 2 amide bonds. The van der Waals surface area contributed by atoms with Crippen LogP contribution in [0.4, 0.5) is 0 Å². The third kappa shape index (κ3) is 2.56. The van der Waals surface area contributed by atoms with E-state index in [9.17, 15) is 9.59 Å². The van der Waals surface area contributed by atoms with Crippen LogP contribution in [0.1, 0.15) is 38.5 Å². The summed E-state index contributed by atoms with van der Waals surface area (Å²) >= 11 is 0. The van der Waals surface area contributed by atoms with Crippen LogP contribution in [0.3, 0.4) is 0 Å². The summed E-state index contributed by atoms with van der Waals surface area (Å²) in [6.45, 7) is 1.60. The summed E-state index contributed by atoms with van der Waals surface area (Å²) in [6, 6.07) is 0.330. The van der Waals surface area contributed by atoms with Crippen molar-refractivity contribution in [3.8, 4) is 0 Å². The van der Waals surface area contributed by atoms with E-state index in [1.165, 1.54) is 4.90 Å². The third-order valence-electron chi connectivity index (χ3n) is 3.20. The summed E-state index contributed by atoms with van der Waals surface area (Å²) in [7, 11) is 0. The Hall–Kier alpha value is -0.900. The van der Waals surface area contributed by atoms with Crippen LogP contribution in [0, 0.1) is 0 Å². The molecule has 1 atom stereocenters. The molecule has 0 bridgehead atoms. The van der Waals surface area contributed by atoms with Gasteiger partial charge in [0.2, 0.25) is 11.8 Å². The Morgan fingerprint density at radius 3 is 2.33 bits per heavy atom. The van der Waals surface area contributed by atoms with Gasteiger partial charge < -0.3 is 5.32 Å². The number of amides is 2. The van der Waals surface area contributed by atoms with Gasteiger partial charge in [0.05, 0.1) is 0 Å². The fourth-order valence-electron chi connectivity index (χ4n) is 2.30. The molecule has 2 aliphatic rings. The number of carbonyl (C=O) groups excluding carboxylic acids is 2. The van der Waals surface area contributed by atoms with Gasteiger partial charge in [0.15, 0.2) is 0 Å². The summed E-state index contributed by atoms with van der Waals surface area (Å²) in [5.74, 6) is 0.0393. The summed E-state index contributed by atoms with van der Waals surface area (Å²) in [6.07, 6.45) is 5.03. The molecule has 2 aliphatic heterocycles. The van der Waals surface area contributed by atoms with Gasteiger partial charge in [-0.2, -0.15) is 0 Å². The lowest BCUT2D eigenvalue weighted by Crippen LogP contribution is -2.43. The molecule has 15 heavy (non-hydrogen) atoms. The maximum Gasteiger partial charge on any atom is 0.229 e. The predicted octanol–water partition coefficient (Wildman–Crippen LogP) is 0.668. The number of nitrogens with zero attached hydrogens (tertiary/aromatic N) is 1. The molecule has 1 N–H and O–H groups in total. The molecule has 1 unspecified atom stereocenters. The lowest BCUT2D eigenvalue weighted by atomic mass is 10.2. The molecule has 4 nitrogen and oxygen atoms in total. The van der Waals surface area contributed by atoms with Gasteiger partial charge in [0, 0.05) is 25.4 Å². The van der Waals surface area contributed by atoms with Crippen molar-refractivity contribution in [3.63, 3.8) is 0 Å². The minimum atomic E-state index is 0.0196. The Kier molecular flexibility index (Phi) is 3.36. The Labute approximate surface area is 90.0 Å². The topological polar surface area (TPSA) is 49.4 Å². The number of hydrogen-bond donors (Lipinski definition) is 1. The summed E-state index contributed by atoms with van der Waals surface area (Å²) in [5.41, 5.74) is 0. The van der Waals surface area contributed by atoms with E-state index < -0.39 is 0 Å². The zero-order valence-electron chi connectivity index (χ0n) is 9.00. The van der Waals surface area contributed by atoms with Crippen molar-refractivity contribution in [3.05, 3.63) is 0 Å². The minimum absolute atomic E-state index is 0.0196. The van der Waals surface area contributed by atoms with Crippen molar-refractivity contribution in [1.29, 1.82) is 0 Å². The molecular formula is C11H18N2O2. The lowest BCUT2D eigenvalue weighted by molar-refractivity contribution is -0.144. The zero-order valence-corrected chi connectivity index (χ0v) is 9.00. The summed E-state index contributed by atoms with van der Waals surface area (Å²) < 4.78 is 0. The highest BCUT2D eigenvalue weighted by Gasteiger charge is 2.27. The molecule has 84 valence electrons. The maximum absolute atomic E-state index is 11.7. The molecule has 2 saturated heterocycles. The second-order valence-corrected chi connectivity index (χ2v) is 4.40. The first-order valence-corrected chi connectivity index (χ1v) is 5.84. The van der Waals surface area contributed by atoms with Gasteiger partial charge in [-0.3, -0.25) is 14.5 Å².